The molecule has 0 spiro atoms. The number of alkyl halides is 3. The first-order chi connectivity index (χ1) is 13.8. The quantitative estimate of drug-likeness (QED) is 0.400. The maximum atomic E-state index is 13.3. The Morgan fingerprint density at radius 3 is 2.31 bits per heavy atom. The van der Waals surface area contributed by atoms with E-state index in [-0.39, 0.29) is 0 Å². The van der Waals surface area contributed by atoms with Crippen LogP contribution in [-0.4, -0.2) is 29.6 Å². The van der Waals surface area contributed by atoms with Gasteiger partial charge in [-0.15, -0.1) is 11.3 Å². The first-order valence-corrected chi connectivity index (χ1v) is 11.1. The van der Waals surface area contributed by atoms with Gasteiger partial charge in [0.05, 0.1) is 11.7 Å². The van der Waals surface area contributed by atoms with Crippen LogP contribution in [0.4, 0.5) is 13.2 Å². The second-order valence-electron chi connectivity index (χ2n) is 7.59. The minimum absolute atomic E-state index is 0.492. The summed E-state index contributed by atoms with van der Waals surface area (Å²) in [7, 11) is 0. The summed E-state index contributed by atoms with van der Waals surface area (Å²) in [5.41, 5.74) is 0.0523. The molecule has 2 aromatic carbocycles. The summed E-state index contributed by atoms with van der Waals surface area (Å²) in [6.07, 6.45) is -0.826. The molecule has 1 atom stereocenters. The number of halogens is 3. The van der Waals surface area contributed by atoms with Crippen molar-refractivity contribution in [2.45, 2.75) is 51.8 Å². The Bertz CT molecular complexity index is 942. The van der Waals surface area contributed by atoms with Crippen LogP contribution in [0.5, 0.6) is 0 Å². The largest absolute Gasteiger partial charge is 0.416 e. The Morgan fingerprint density at radius 1 is 1.00 bits per heavy atom. The van der Waals surface area contributed by atoms with Crippen molar-refractivity contribution in [2.75, 3.05) is 19.6 Å². The number of hydrogen-bond donors (Lipinski definition) is 1. The molecule has 0 saturated heterocycles. The first kappa shape index (κ1) is 22.1. The van der Waals surface area contributed by atoms with Gasteiger partial charge in [-0.1, -0.05) is 32.8 Å². The van der Waals surface area contributed by atoms with Gasteiger partial charge in [-0.25, -0.2) is 0 Å². The van der Waals surface area contributed by atoms with Crippen LogP contribution in [0.2, 0.25) is 0 Å². The van der Waals surface area contributed by atoms with Gasteiger partial charge in [-0.05, 0) is 71.9 Å². The first-order valence-electron chi connectivity index (χ1n) is 10.3. The van der Waals surface area contributed by atoms with Gasteiger partial charge in [-0.2, -0.15) is 13.2 Å². The van der Waals surface area contributed by atoms with Gasteiger partial charge in [-0.3, -0.25) is 0 Å². The fraction of sp³-hybridized carbons (Fsp3) is 0.478. The number of aliphatic hydroxyl groups excluding tert-OH is 1. The zero-order valence-corrected chi connectivity index (χ0v) is 17.7. The number of aliphatic hydroxyl groups is 1. The second kappa shape index (κ2) is 9.45. The third-order valence-corrected chi connectivity index (χ3v) is 6.32. The number of unbranched alkanes of at least 4 members (excludes halogenated alkanes) is 2. The van der Waals surface area contributed by atoms with Crippen LogP contribution in [0, 0.1) is 0 Å². The zero-order valence-electron chi connectivity index (χ0n) is 16.9. The number of hydrogen-bond acceptors (Lipinski definition) is 3. The Hall–Kier alpha value is -1.63. The average Bonchev–Trinajstić information content (AvgIpc) is 3.17. The molecule has 2 nitrogen and oxygen atoms in total. The van der Waals surface area contributed by atoms with Crippen LogP contribution >= 0.6 is 11.3 Å². The van der Waals surface area contributed by atoms with Gasteiger partial charge in [0, 0.05) is 16.6 Å². The van der Waals surface area contributed by atoms with E-state index in [4.69, 9.17) is 0 Å². The lowest BCUT2D eigenvalue weighted by molar-refractivity contribution is -0.137. The molecule has 0 radical (unpaired) electrons. The molecular weight excluding hydrogens is 395 g/mol. The van der Waals surface area contributed by atoms with E-state index in [2.05, 4.69) is 18.7 Å². The highest BCUT2D eigenvalue weighted by Crippen LogP contribution is 2.39. The lowest BCUT2D eigenvalue weighted by Crippen LogP contribution is -2.30. The van der Waals surface area contributed by atoms with Gasteiger partial charge < -0.3 is 10.0 Å². The molecule has 3 rings (SSSR count). The third-order valence-electron chi connectivity index (χ3n) is 5.36. The van der Waals surface area contributed by atoms with E-state index >= 15 is 0 Å². The van der Waals surface area contributed by atoms with E-state index in [1.165, 1.54) is 23.5 Å². The van der Waals surface area contributed by atoms with E-state index in [1.54, 1.807) is 0 Å². The van der Waals surface area contributed by atoms with Crippen molar-refractivity contribution >= 4 is 32.2 Å². The Balaban J connectivity index is 2.00. The highest BCUT2D eigenvalue weighted by atomic mass is 32.1. The molecule has 3 aromatic rings. The lowest BCUT2D eigenvalue weighted by Gasteiger charge is -2.26. The number of rotatable bonds is 9. The molecule has 0 aliphatic rings. The Labute approximate surface area is 174 Å². The topological polar surface area (TPSA) is 23.5 Å². The molecule has 29 heavy (non-hydrogen) atoms. The van der Waals surface area contributed by atoms with E-state index in [1.807, 2.05) is 17.5 Å². The molecule has 0 bridgehead atoms. The second-order valence-corrected chi connectivity index (χ2v) is 8.50. The van der Waals surface area contributed by atoms with Crippen LogP contribution in [0.25, 0.3) is 20.9 Å². The number of benzene rings is 2. The van der Waals surface area contributed by atoms with Crippen LogP contribution in [0.15, 0.2) is 35.7 Å². The average molecular weight is 424 g/mol. The Kier molecular flexibility index (Phi) is 7.19. The number of thiophene rings is 1. The summed E-state index contributed by atoms with van der Waals surface area (Å²) >= 11 is 1.43. The summed E-state index contributed by atoms with van der Waals surface area (Å²) in [5.74, 6) is 0. The van der Waals surface area contributed by atoms with Gasteiger partial charge in [0.1, 0.15) is 0 Å². The fourth-order valence-electron chi connectivity index (χ4n) is 3.73. The van der Waals surface area contributed by atoms with E-state index in [9.17, 15) is 18.3 Å². The van der Waals surface area contributed by atoms with Crippen molar-refractivity contribution in [2.24, 2.45) is 0 Å². The van der Waals surface area contributed by atoms with Gasteiger partial charge in [0.2, 0.25) is 0 Å². The molecule has 0 fully saturated rings. The van der Waals surface area contributed by atoms with Crippen molar-refractivity contribution in [3.8, 4) is 0 Å². The monoisotopic (exact) mass is 423 g/mol. The molecule has 1 heterocycles. The van der Waals surface area contributed by atoms with Crippen LogP contribution in [0.1, 0.15) is 56.8 Å². The maximum Gasteiger partial charge on any atom is 0.416 e. The predicted octanol–water partition coefficient (Wildman–Crippen LogP) is 7.01. The minimum atomic E-state index is -4.39. The van der Waals surface area contributed by atoms with Crippen molar-refractivity contribution in [1.29, 1.82) is 0 Å². The predicted molar refractivity (Wildman–Crippen MR) is 116 cm³/mol. The zero-order chi connectivity index (χ0) is 21.0. The molecule has 0 aliphatic heterocycles. The van der Waals surface area contributed by atoms with Crippen LogP contribution in [0.3, 0.4) is 0 Å². The minimum Gasteiger partial charge on any atom is -0.387 e. The molecule has 1 aromatic heterocycles. The van der Waals surface area contributed by atoms with Crippen LogP contribution < -0.4 is 0 Å². The summed E-state index contributed by atoms with van der Waals surface area (Å²) < 4.78 is 40.6. The standard InChI is InChI=1S/C23H28F3NOS/c1-3-5-10-27(11-6-4-2)15-21(28)19-13-16-9-12-29-22(16)20-14-17(23(24,25)26)7-8-18(19)20/h7-9,12-14,21,28H,3-6,10-11,15H2,1-2H3. The SMILES string of the molecule is CCCCN(CCCC)CC(O)c1cc2ccsc2c2cc(C(F)(F)F)ccc12. The normalized spacial score (nSPS) is 13.6. The van der Waals surface area contributed by atoms with E-state index in [0.717, 1.165) is 54.9 Å². The van der Waals surface area contributed by atoms with E-state index < -0.39 is 17.8 Å². The van der Waals surface area contributed by atoms with Gasteiger partial charge in [0.25, 0.3) is 0 Å². The molecule has 6 heteroatoms. The molecular formula is C23H28F3NOS. The molecule has 0 aliphatic carbocycles. The fourth-order valence-corrected chi connectivity index (χ4v) is 4.64. The summed E-state index contributed by atoms with van der Waals surface area (Å²) in [4.78, 5) is 2.27. The molecule has 1 unspecified atom stereocenters. The lowest BCUT2D eigenvalue weighted by atomic mass is 9.96. The number of fused-ring (bicyclic) bond motifs is 3. The summed E-state index contributed by atoms with van der Waals surface area (Å²) in [6, 6.07) is 7.68. The molecule has 0 amide bonds. The summed E-state index contributed by atoms with van der Waals surface area (Å²) in [6.45, 7) is 6.62. The molecule has 1 N–H and O–H groups in total. The highest BCUT2D eigenvalue weighted by Gasteiger charge is 2.31. The Morgan fingerprint density at radius 2 is 1.69 bits per heavy atom. The van der Waals surface area contributed by atoms with Crippen molar-refractivity contribution in [3.63, 3.8) is 0 Å². The van der Waals surface area contributed by atoms with E-state index in [0.29, 0.717) is 22.9 Å². The van der Waals surface area contributed by atoms with Crippen molar-refractivity contribution in [1.82, 2.24) is 4.90 Å². The maximum absolute atomic E-state index is 13.3. The van der Waals surface area contributed by atoms with Crippen molar-refractivity contribution < 1.29 is 18.3 Å². The van der Waals surface area contributed by atoms with Gasteiger partial charge in [0.15, 0.2) is 0 Å². The third kappa shape index (κ3) is 5.11. The molecule has 158 valence electrons. The van der Waals surface area contributed by atoms with Crippen molar-refractivity contribution in [3.05, 3.63) is 46.8 Å². The molecule has 0 saturated carbocycles. The smallest absolute Gasteiger partial charge is 0.387 e. The number of nitrogens with zero attached hydrogens (tertiary/aromatic N) is 1. The van der Waals surface area contributed by atoms with Crippen LogP contribution in [-0.2, 0) is 6.18 Å². The summed E-state index contributed by atoms with van der Waals surface area (Å²) in [5, 5.41) is 15.1. The van der Waals surface area contributed by atoms with Gasteiger partial charge >= 0.3 is 6.18 Å². The highest BCUT2D eigenvalue weighted by molar-refractivity contribution is 7.18.